The highest BCUT2D eigenvalue weighted by Gasteiger charge is 2.24. The lowest BCUT2D eigenvalue weighted by Crippen LogP contribution is -2.13. The molecule has 1 aliphatic heterocycles. The fourth-order valence-electron chi connectivity index (χ4n) is 1.59. The molecule has 0 saturated heterocycles. The van der Waals surface area contributed by atoms with Crippen LogP contribution in [0.2, 0.25) is 0 Å². The van der Waals surface area contributed by atoms with E-state index < -0.39 is 0 Å². The molecule has 0 atom stereocenters. The highest BCUT2D eigenvalue weighted by atomic mass is 16.5. The van der Waals surface area contributed by atoms with Gasteiger partial charge in [0.05, 0.1) is 19.8 Å². The third-order valence-electron chi connectivity index (χ3n) is 2.28. The molecule has 0 fully saturated rings. The number of benzene rings is 1. The highest BCUT2D eigenvalue weighted by Crippen LogP contribution is 2.31. The van der Waals surface area contributed by atoms with Crippen LogP contribution in [0, 0.1) is 0 Å². The summed E-state index contributed by atoms with van der Waals surface area (Å²) in [4.78, 5) is 11.4. The fraction of sp³-hybridized carbons (Fsp3) is 0.300. The Morgan fingerprint density at radius 3 is 2.71 bits per heavy atom. The second-order valence-electron chi connectivity index (χ2n) is 3.05. The molecule has 14 heavy (non-hydrogen) atoms. The number of carbonyl (C=O) groups is 1. The van der Waals surface area contributed by atoms with Gasteiger partial charge >= 0.3 is 0 Å². The standard InChI is InChI=1S/C10H11NO3/c1-13-7-3-6-5-11-10(12)9(6)8(4-7)14-2/h3-4H,5H2,1-2H3,(H,11,12). The summed E-state index contributed by atoms with van der Waals surface area (Å²) in [5.41, 5.74) is 1.54. The average Bonchev–Trinajstić information content (AvgIpc) is 2.59. The van der Waals surface area contributed by atoms with E-state index in [4.69, 9.17) is 9.47 Å². The van der Waals surface area contributed by atoms with Gasteiger partial charge in [0.15, 0.2) is 0 Å². The number of methoxy groups -OCH3 is 2. The van der Waals surface area contributed by atoms with E-state index in [2.05, 4.69) is 5.32 Å². The van der Waals surface area contributed by atoms with E-state index in [9.17, 15) is 4.79 Å². The number of nitrogens with one attached hydrogen (secondary N) is 1. The zero-order chi connectivity index (χ0) is 10.1. The summed E-state index contributed by atoms with van der Waals surface area (Å²) in [6, 6.07) is 3.56. The Morgan fingerprint density at radius 2 is 2.07 bits per heavy atom. The maximum atomic E-state index is 11.4. The fourth-order valence-corrected chi connectivity index (χ4v) is 1.59. The van der Waals surface area contributed by atoms with Crippen molar-refractivity contribution in [2.75, 3.05) is 14.2 Å². The van der Waals surface area contributed by atoms with Gasteiger partial charge in [-0.05, 0) is 11.6 Å². The van der Waals surface area contributed by atoms with Crippen LogP contribution < -0.4 is 14.8 Å². The summed E-state index contributed by atoms with van der Waals surface area (Å²) in [6.07, 6.45) is 0. The Kier molecular flexibility index (Phi) is 2.04. The van der Waals surface area contributed by atoms with E-state index in [1.54, 1.807) is 20.3 Å². The second-order valence-corrected chi connectivity index (χ2v) is 3.05. The number of rotatable bonds is 2. The number of carbonyl (C=O) groups excluding carboxylic acids is 1. The van der Waals surface area contributed by atoms with Gasteiger partial charge in [0, 0.05) is 12.6 Å². The third-order valence-corrected chi connectivity index (χ3v) is 2.28. The van der Waals surface area contributed by atoms with E-state index in [1.807, 2.05) is 6.07 Å². The van der Waals surface area contributed by atoms with Crippen LogP contribution in [0.4, 0.5) is 0 Å². The molecule has 4 heteroatoms. The molecule has 0 radical (unpaired) electrons. The molecule has 0 spiro atoms. The van der Waals surface area contributed by atoms with Gasteiger partial charge in [0.25, 0.3) is 5.91 Å². The van der Waals surface area contributed by atoms with Crippen LogP contribution in [0.1, 0.15) is 15.9 Å². The Bertz CT molecular complexity index is 387. The summed E-state index contributed by atoms with van der Waals surface area (Å²) in [5.74, 6) is 1.19. The first-order valence-corrected chi connectivity index (χ1v) is 4.29. The number of hydrogen-bond acceptors (Lipinski definition) is 3. The first-order chi connectivity index (χ1) is 6.76. The lowest BCUT2D eigenvalue weighted by atomic mass is 10.1. The maximum Gasteiger partial charge on any atom is 0.255 e. The molecular weight excluding hydrogens is 182 g/mol. The van der Waals surface area contributed by atoms with Gasteiger partial charge in [-0.25, -0.2) is 0 Å². The molecule has 2 rings (SSSR count). The van der Waals surface area contributed by atoms with Gasteiger partial charge in [-0.3, -0.25) is 4.79 Å². The average molecular weight is 193 g/mol. The number of ether oxygens (including phenoxy) is 2. The van der Waals surface area contributed by atoms with Crippen molar-refractivity contribution in [2.45, 2.75) is 6.54 Å². The zero-order valence-electron chi connectivity index (χ0n) is 8.09. The molecule has 1 aromatic rings. The van der Waals surface area contributed by atoms with Crippen LogP contribution in [-0.4, -0.2) is 20.1 Å². The Labute approximate surface area is 81.8 Å². The van der Waals surface area contributed by atoms with Crippen LogP contribution in [0.3, 0.4) is 0 Å². The van der Waals surface area contributed by atoms with E-state index in [1.165, 1.54) is 0 Å². The van der Waals surface area contributed by atoms with Gasteiger partial charge in [-0.1, -0.05) is 0 Å². The van der Waals surface area contributed by atoms with Crippen molar-refractivity contribution < 1.29 is 14.3 Å². The van der Waals surface area contributed by atoms with Crippen LogP contribution in [0.5, 0.6) is 11.5 Å². The van der Waals surface area contributed by atoms with Crippen molar-refractivity contribution in [3.05, 3.63) is 23.3 Å². The van der Waals surface area contributed by atoms with Crippen LogP contribution in [0.25, 0.3) is 0 Å². The van der Waals surface area contributed by atoms with Crippen molar-refractivity contribution in [3.8, 4) is 11.5 Å². The third kappa shape index (κ3) is 1.19. The summed E-state index contributed by atoms with van der Waals surface area (Å²) in [6.45, 7) is 0.543. The number of amides is 1. The molecule has 1 N–H and O–H groups in total. The van der Waals surface area contributed by atoms with E-state index in [-0.39, 0.29) is 5.91 Å². The van der Waals surface area contributed by atoms with Gasteiger partial charge in [0.1, 0.15) is 11.5 Å². The Hall–Kier alpha value is -1.71. The molecule has 0 unspecified atom stereocenters. The molecule has 4 nitrogen and oxygen atoms in total. The first kappa shape index (κ1) is 8.87. The van der Waals surface area contributed by atoms with E-state index >= 15 is 0 Å². The Balaban J connectivity index is 2.58. The molecular formula is C10H11NO3. The van der Waals surface area contributed by atoms with E-state index in [0.717, 1.165) is 5.56 Å². The number of hydrogen-bond donors (Lipinski definition) is 1. The van der Waals surface area contributed by atoms with Gasteiger partial charge in [-0.2, -0.15) is 0 Å². The second kappa shape index (κ2) is 3.21. The smallest absolute Gasteiger partial charge is 0.255 e. The predicted octanol–water partition coefficient (Wildman–Crippen LogP) is 0.947. The van der Waals surface area contributed by atoms with Crippen molar-refractivity contribution in [3.63, 3.8) is 0 Å². The largest absolute Gasteiger partial charge is 0.497 e. The van der Waals surface area contributed by atoms with Crippen molar-refractivity contribution in [1.29, 1.82) is 0 Å². The monoisotopic (exact) mass is 193 g/mol. The summed E-state index contributed by atoms with van der Waals surface area (Å²) in [7, 11) is 3.13. The van der Waals surface area contributed by atoms with Gasteiger partial charge in [-0.15, -0.1) is 0 Å². The SMILES string of the molecule is COc1cc2c(c(OC)c1)C(=O)NC2. The van der Waals surface area contributed by atoms with Crippen LogP contribution in [-0.2, 0) is 6.54 Å². The number of fused-ring (bicyclic) bond motifs is 1. The quantitative estimate of drug-likeness (QED) is 0.760. The zero-order valence-corrected chi connectivity index (χ0v) is 8.09. The Morgan fingerprint density at radius 1 is 1.29 bits per heavy atom. The molecule has 74 valence electrons. The predicted molar refractivity (Wildman–Crippen MR) is 50.7 cm³/mol. The molecule has 1 heterocycles. The van der Waals surface area contributed by atoms with Gasteiger partial charge < -0.3 is 14.8 Å². The molecule has 1 aliphatic rings. The summed E-state index contributed by atoms with van der Waals surface area (Å²) < 4.78 is 10.2. The van der Waals surface area contributed by atoms with Crippen molar-refractivity contribution in [1.82, 2.24) is 5.32 Å². The first-order valence-electron chi connectivity index (χ1n) is 4.29. The normalized spacial score (nSPS) is 13.4. The summed E-state index contributed by atoms with van der Waals surface area (Å²) >= 11 is 0. The summed E-state index contributed by atoms with van der Waals surface area (Å²) in [5, 5.41) is 2.74. The lowest BCUT2D eigenvalue weighted by molar-refractivity contribution is 0.0963. The molecule has 1 amide bonds. The van der Waals surface area contributed by atoms with Crippen LogP contribution in [0.15, 0.2) is 12.1 Å². The lowest BCUT2D eigenvalue weighted by Gasteiger charge is -2.07. The molecule has 0 saturated carbocycles. The minimum Gasteiger partial charge on any atom is -0.497 e. The minimum atomic E-state index is -0.0838. The highest BCUT2D eigenvalue weighted by molar-refractivity contribution is 6.01. The van der Waals surface area contributed by atoms with Crippen LogP contribution >= 0.6 is 0 Å². The maximum absolute atomic E-state index is 11.4. The molecule has 0 aliphatic carbocycles. The van der Waals surface area contributed by atoms with Crippen molar-refractivity contribution >= 4 is 5.91 Å². The molecule has 1 aromatic carbocycles. The van der Waals surface area contributed by atoms with Crippen molar-refractivity contribution in [2.24, 2.45) is 0 Å². The van der Waals surface area contributed by atoms with E-state index in [0.29, 0.717) is 23.6 Å². The molecule has 0 bridgehead atoms. The topological polar surface area (TPSA) is 47.6 Å². The van der Waals surface area contributed by atoms with Gasteiger partial charge in [0.2, 0.25) is 0 Å². The molecule has 0 aromatic heterocycles. The minimum absolute atomic E-state index is 0.0838.